The van der Waals surface area contributed by atoms with Gasteiger partial charge in [-0.1, -0.05) is 18.2 Å². The molecule has 1 atom stereocenters. The Hall–Kier alpha value is -1.74. The molecule has 2 aliphatic heterocycles. The third-order valence-electron chi connectivity index (χ3n) is 4.57. The largest absolute Gasteiger partial charge is 0.468 e. The second-order valence-corrected chi connectivity index (χ2v) is 5.83. The Morgan fingerprint density at radius 3 is 2.95 bits per heavy atom. The van der Waals surface area contributed by atoms with E-state index in [4.69, 9.17) is 4.42 Å². The summed E-state index contributed by atoms with van der Waals surface area (Å²) in [5.41, 5.74) is 2.98. The number of rotatable bonds is 2. The zero-order chi connectivity index (χ0) is 13.4. The second-order valence-electron chi connectivity index (χ2n) is 5.83. The molecule has 20 heavy (non-hydrogen) atoms. The van der Waals surface area contributed by atoms with Gasteiger partial charge in [0.25, 0.3) is 0 Å². The van der Waals surface area contributed by atoms with E-state index in [1.165, 1.54) is 24.1 Å². The zero-order valence-electron chi connectivity index (χ0n) is 11.7. The van der Waals surface area contributed by atoms with Gasteiger partial charge < -0.3 is 9.32 Å². The highest BCUT2D eigenvalue weighted by Gasteiger charge is 2.31. The Labute approximate surface area is 119 Å². The van der Waals surface area contributed by atoms with Crippen LogP contribution in [0.2, 0.25) is 0 Å². The Morgan fingerprint density at radius 2 is 2.05 bits per heavy atom. The van der Waals surface area contributed by atoms with Gasteiger partial charge in [-0.3, -0.25) is 4.90 Å². The average Bonchev–Trinajstić information content (AvgIpc) is 3.00. The molecule has 4 rings (SSSR count). The normalized spacial score (nSPS) is 22.4. The molecule has 1 saturated heterocycles. The number of furan rings is 1. The first-order valence-corrected chi connectivity index (χ1v) is 7.49. The first-order valence-electron chi connectivity index (χ1n) is 7.49. The van der Waals surface area contributed by atoms with E-state index >= 15 is 0 Å². The van der Waals surface area contributed by atoms with Gasteiger partial charge in [-0.2, -0.15) is 0 Å². The highest BCUT2D eigenvalue weighted by atomic mass is 16.3. The number of aryl methyl sites for hydroxylation is 1. The molecule has 1 aromatic heterocycles. The van der Waals surface area contributed by atoms with Crippen LogP contribution in [0.25, 0.3) is 0 Å². The molecule has 0 amide bonds. The van der Waals surface area contributed by atoms with Gasteiger partial charge in [-0.05, 0) is 36.6 Å². The summed E-state index contributed by atoms with van der Waals surface area (Å²) in [7, 11) is 0. The predicted octanol–water partition coefficient (Wildman–Crippen LogP) is 2.92. The highest BCUT2D eigenvalue weighted by Crippen LogP contribution is 2.32. The van der Waals surface area contributed by atoms with Crippen molar-refractivity contribution in [1.82, 2.24) is 4.90 Å². The zero-order valence-corrected chi connectivity index (χ0v) is 11.7. The summed E-state index contributed by atoms with van der Waals surface area (Å²) in [4.78, 5) is 5.13. The van der Waals surface area contributed by atoms with Gasteiger partial charge in [-0.25, -0.2) is 0 Å². The van der Waals surface area contributed by atoms with Crippen LogP contribution in [0.3, 0.4) is 0 Å². The SMILES string of the molecule is c1coc(CN2CCN3c4ccccc4CCC3C2)c1. The molecular weight excluding hydrogens is 248 g/mol. The number of fused-ring (bicyclic) bond motifs is 3. The number of nitrogens with zero attached hydrogens (tertiary/aromatic N) is 2. The standard InChI is InChI=1S/C17H20N2O/c1-2-6-17-14(4-1)7-8-15-12-18(9-10-19(15)17)13-16-5-3-11-20-16/h1-6,11,15H,7-10,12-13H2. The Bertz CT molecular complexity index is 578. The summed E-state index contributed by atoms with van der Waals surface area (Å²) in [6.07, 6.45) is 4.25. The molecule has 2 aliphatic rings. The van der Waals surface area contributed by atoms with E-state index in [2.05, 4.69) is 40.1 Å². The van der Waals surface area contributed by atoms with E-state index < -0.39 is 0 Å². The number of piperazine rings is 1. The summed E-state index contributed by atoms with van der Waals surface area (Å²) < 4.78 is 5.47. The predicted molar refractivity (Wildman–Crippen MR) is 79.9 cm³/mol. The van der Waals surface area contributed by atoms with Gasteiger partial charge in [-0.15, -0.1) is 0 Å². The molecule has 3 nitrogen and oxygen atoms in total. The number of benzene rings is 1. The lowest BCUT2D eigenvalue weighted by Gasteiger charge is -2.46. The number of hydrogen-bond acceptors (Lipinski definition) is 3. The van der Waals surface area contributed by atoms with Gasteiger partial charge in [0.15, 0.2) is 0 Å². The summed E-state index contributed by atoms with van der Waals surface area (Å²) in [6, 6.07) is 13.6. The van der Waals surface area contributed by atoms with Crippen molar-refractivity contribution < 1.29 is 4.42 Å². The third-order valence-corrected chi connectivity index (χ3v) is 4.57. The fourth-order valence-electron chi connectivity index (χ4n) is 3.57. The second kappa shape index (κ2) is 4.98. The van der Waals surface area contributed by atoms with Crippen LogP contribution in [0.5, 0.6) is 0 Å². The van der Waals surface area contributed by atoms with Gasteiger partial charge >= 0.3 is 0 Å². The quantitative estimate of drug-likeness (QED) is 0.835. The summed E-state index contributed by atoms with van der Waals surface area (Å²) >= 11 is 0. The van der Waals surface area contributed by atoms with E-state index in [1.807, 2.05) is 6.07 Å². The van der Waals surface area contributed by atoms with E-state index in [1.54, 1.807) is 6.26 Å². The van der Waals surface area contributed by atoms with Crippen molar-refractivity contribution in [2.75, 3.05) is 24.5 Å². The van der Waals surface area contributed by atoms with Crippen molar-refractivity contribution in [2.45, 2.75) is 25.4 Å². The van der Waals surface area contributed by atoms with Crippen molar-refractivity contribution in [3.05, 3.63) is 54.0 Å². The molecule has 0 saturated carbocycles. The molecule has 1 aromatic carbocycles. The van der Waals surface area contributed by atoms with Crippen LogP contribution >= 0.6 is 0 Å². The van der Waals surface area contributed by atoms with Crippen LogP contribution in [-0.4, -0.2) is 30.6 Å². The van der Waals surface area contributed by atoms with E-state index in [-0.39, 0.29) is 0 Å². The van der Waals surface area contributed by atoms with Crippen LogP contribution in [0.15, 0.2) is 47.1 Å². The van der Waals surface area contributed by atoms with E-state index in [9.17, 15) is 0 Å². The lowest BCUT2D eigenvalue weighted by molar-refractivity contribution is 0.193. The molecule has 3 heteroatoms. The molecular formula is C17H20N2O. The molecule has 1 unspecified atom stereocenters. The first kappa shape index (κ1) is 12.0. The maximum Gasteiger partial charge on any atom is 0.117 e. The monoisotopic (exact) mass is 268 g/mol. The smallest absolute Gasteiger partial charge is 0.117 e. The molecule has 3 heterocycles. The Balaban J connectivity index is 1.49. The number of anilines is 1. The summed E-state index contributed by atoms with van der Waals surface area (Å²) in [6.45, 7) is 4.34. The van der Waals surface area contributed by atoms with Crippen LogP contribution in [-0.2, 0) is 13.0 Å². The van der Waals surface area contributed by atoms with Gasteiger partial charge in [0.2, 0.25) is 0 Å². The minimum Gasteiger partial charge on any atom is -0.468 e. The van der Waals surface area contributed by atoms with Crippen LogP contribution in [0.4, 0.5) is 5.69 Å². The van der Waals surface area contributed by atoms with Crippen molar-refractivity contribution in [1.29, 1.82) is 0 Å². The molecule has 0 aliphatic carbocycles. The highest BCUT2D eigenvalue weighted by molar-refractivity contribution is 5.57. The first-order chi connectivity index (χ1) is 9.90. The molecule has 0 N–H and O–H groups in total. The molecule has 1 fully saturated rings. The maximum atomic E-state index is 5.47. The number of para-hydroxylation sites is 1. The van der Waals surface area contributed by atoms with Crippen LogP contribution in [0.1, 0.15) is 17.7 Å². The number of hydrogen-bond donors (Lipinski definition) is 0. The summed E-state index contributed by atoms with van der Waals surface area (Å²) in [5, 5.41) is 0. The lowest BCUT2D eigenvalue weighted by atomic mass is 9.94. The van der Waals surface area contributed by atoms with Crippen molar-refractivity contribution in [3.8, 4) is 0 Å². The van der Waals surface area contributed by atoms with Crippen molar-refractivity contribution in [3.63, 3.8) is 0 Å². The lowest BCUT2D eigenvalue weighted by Crippen LogP contribution is -2.54. The minimum atomic E-state index is 0.661. The molecule has 0 spiro atoms. The topological polar surface area (TPSA) is 19.6 Å². The van der Waals surface area contributed by atoms with Crippen LogP contribution < -0.4 is 4.90 Å². The Morgan fingerprint density at radius 1 is 1.10 bits per heavy atom. The van der Waals surface area contributed by atoms with E-state index in [0.717, 1.165) is 31.9 Å². The Kier molecular flexibility index (Phi) is 3.00. The van der Waals surface area contributed by atoms with Gasteiger partial charge in [0.1, 0.15) is 5.76 Å². The van der Waals surface area contributed by atoms with Crippen molar-refractivity contribution >= 4 is 5.69 Å². The van der Waals surface area contributed by atoms with Gasteiger partial charge in [0, 0.05) is 31.4 Å². The van der Waals surface area contributed by atoms with Gasteiger partial charge in [0.05, 0.1) is 12.8 Å². The fourth-order valence-corrected chi connectivity index (χ4v) is 3.57. The third kappa shape index (κ3) is 2.12. The van der Waals surface area contributed by atoms with Crippen LogP contribution in [0, 0.1) is 0 Å². The molecule has 0 bridgehead atoms. The maximum absolute atomic E-state index is 5.47. The molecule has 104 valence electrons. The molecule has 0 radical (unpaired) electrons. The average molecular weight is 268 g/mol. The van der Waals surface area contributed by atoms with E-state index in [0.29, 0.717) is 6.04 Å². The summed E-state index contributed by atoms with van der Waals surface area (Å²) in [5.74, 6) is 1.08. The fraction of sp³-hybridized carbons (Fsp3) is 0.412. The molecule has 2 aromatic rings. The minimum absolute atomic E-state index is 0.661. The van der Waals surface area contributed by atoms with Crippen molar-refractivity contribution in [2.24, 2.45) is 0 Å².